The van der Waals surface area contributed by atoms with E-state index in [4.69, 9.17) is 9.47 Å². The quantitative estimate of drug-likeness (QED) is 0.603. The number of hydrogen-bond donors (Lipinski definition) is 1. The van der Waals surface area contributed by atoms with Crippen LogP contribution in [0.4, 0.5) is 4.79 Å². The highest BCUT2D eigenvalue weighted by molar-refractivity contribution is 7.10. The van der Waals surface area contributed by atoms with Crippen LogP contribution in [0.2, 0.25) is 0 Å². The Morgan fingerprint density at radius 1 is 1.27 bits per heavy atom. The number of nitrogens with zero attached hydrogens (tertiary/aromatic N) is 2. The zero-order valence-electron chi connectivity index (χ0n) is 19.2. The van der Waals surface area contributed by atoms with Crippen molar-refractivity contribution in [2.45, 2.75) is 44.8 Å². The maximum absolute atomic E-state index is 13.5. The number of benzene rings is 1. The van der Waals surface area contributed by atoms with E-state index in [0.29, 0.717) is 26.2 Å². The topological polar surface area (TPSA) is 71.1 Å². The van der Waals surface area contributed by atoms with Crippen molar-refractivity contribution in [2.75, 3.05) is 39.4 Å². The molecule has 0 saturated carbocycles. The summed E-state index contributed by atoms with van der Waals surface area (Å²) >= 11 is 1.73. The van der Waals surface area contributed by atoms with Crippen LogP contribution in [0.15, 0.2) is 41.8 Å². The van der Waals surface area contributed by atoms with Crippen molar-refractivity contribution < 1.29 is 19.1 Å². The van der Waals surface area contributed by atoms with E-state index in [0.717, 1.165) is 43.6 Å². The molecule has 0 bridgehead atoms. The molecule has 1 aromatic carbocycles. The predicted octanol–water partition coefficient (Wildman–Crippen LogP) is 3.85. The third-order valence-electron chi connectivity index (χ3n) is 6.15. The van der Waals surface area contributed by atoms with Crippen LogP contribution in [-0.2, 0) is 16.0 Å². The van der Waals surface area contributed by atoms with Crippen LogP contribution in [0.25, 0.3) is 0 Å². The van der Waals surface area contributed by atoms with Gasteiger partial charge < -0.3 is 24.6 Å². The van der Waals surface area contributed by atoms with Crippen molar-refractivity contribution >= 4 is 23.3 Å². The van der Waals surface area contributed by atoms with Gasteiger partial charge in [-0.3, -0.25) is 4.79 Å². The van der Waals surface area contributed by atoms with E-state index in [1.165, 1.54) is 4.88 Å². The Morgan fingerprint density at radius 2 is 2.12 bits per heavy atom. The van der Waals surface area contributed by atoms with Gasteiger partial charge in [0.05, 0.1) is 12.1 Å². The highest BCUT2D eigenvalue weighted by Crippen LogP contribution is 2.34. The van der Waals surface area contributed by atoms with Gasteiger partial charge in [-0.25, -0.2) is 4.79 Å². The number of rotatable bonds is 9. The van der Waals surface area contributed by atoms with Crippen LogP contribution in [0.1, 0.15) is 42.7 Å². The van der Waals surface area contributed by atoms with Crippen LogP contribution in [-0.4, -0.2) is 67.2 Å². The van der Waals surface area contributed by atoms with Crippen molar-refractivity contribution in [3.8, 4) is 5.75 Å². The molecule has 4 rings (SSSR count). The first-order valence-corrected chi connectivity index (χ1v) is 12.7. The van der Waals surface area contributed by atoms with Crippen molar-refractivity contribution in [1.82, 2.24) is 15.1 Å². The third kappa shape index (κ3) is 6.06. The van der Waals surface area contributed by atoms with Crippen molar-refractivity contribution in [2.24, 2.45) is 0 Å². The number of hydrogen-bond acceptors (Lipinski definition) is 5. The molecule has 0 aliphatic carbocycles. The van der Waals surface area contributed by atoms with Gasteiger partial charge in [0.25, 0.3) is 0 Å². The molecule has 3 heterocycles. The highest BCUT2D eigenvalue weighted by atomic mass is 32.1. The molecule has 178 valence electrons. The Kier molecular flexibility index (Phi) is 8.23. The average molecular weight is 472 g/mol. The molecule has 2 atom stereocenters. The van der Waals surface area contributed by atoms with E-state index < -0.39 is 0 Å². The molecule has 33 heavy (non-hydrogen) atoms. The number of ether oxygens (including phenoxy) is 2. The molecule has 1 aromatic heterocycles. The fourth-order valence-corrected chi connectivity index (χ4v) is 5.35. The van der Waals surface area contributed by atoms with Gasteiger partial charge in [0.1, 0.15) is 18.9 Å². The lowest BCUT2D eigenvalue weighted by Crippen LogP contribution is -2.51. The van der Waals surface area contributed by atoms with Gasteiger partial charge in [-0.15, -0.1) is 11.3 Å². The van der Waals surface area contributed by atoms with E-state index in [1.54, 1.807) is 16.2 Å². The van der Waals surface area contributed by atoms with Crippen molar-refractivity contribution in [3.05, 3.63) is 52.2 Å². The summed E-state index contributed by atoms with van der Waals surface area (Å²) in [5.74, 6) is 0.726. The second kappa shape index (κ2) is 11.5. The summed E-state index contributed by atoms with van der Waals surface area (Å²) in [5.41, 5.74) is 1.15. The van der Waals surface area contributed by atoms with Crippen molar-refractivity contribution in [1.29, 1.82) is 0 Å². The first-order chi connectivity index (χ1) is 16.2. The number of fused-ring (bicyclic) bond motifs is 1. The summed E-state index contributed by atoms with van der Waals surface area (Å²) in [4.78, 5) is 31.2. The lowest BCUT2D eigenvalue weighted by Gasteiger charge is -2.37. The highest BCUT2D eigenvalue weighted by Gasteiger charge is 2.34. The van der Waals surface area contributed by atoms with Gasteiger partial charge in [0.15, 0.2) is 0 Å². The molecule has 2 aliphatic rings. The summed E-state index contributed by atoms with van der Waals surface area (Å²) in [6.45, 7) is 4.80. The molecule has 1 saturated heterocycles. The monoisotopic (exact) mass is 471 g/mol. The van der Waals surface area contributed by atoms with Crippen LogP contribution in [0.3, 0.4) is 0 Å². The molecule has 8 heteroatoms. The number of carbonyl (C=O) groups excluding carboxylic acids is 2. The first kappa shape index (κ1) is 23.6. The second-order valence-corrected chi connectivity index (χ2v) is 9.52. The van der Waals surface area contributed by atoms with E-state index in [2.05, 4.69) is 16.8 Å². The minimum absolute atomic E-state index is 0.00720. The number of nitrogens with one attached hydrogen (secondary N) is 1. The standard InChI is InChI=1S/C25H33N3O4S/c1-2-12-26-25(30)27(16-20-9-6-14-31-20)17-24(29)28-13-10-23-21(11-15-33-23)22(28)18-32-19-7-4-3-5-8-19/h3-5,7-8,11,15,20,22H,2,6,9-10,12-14,16-18H2,1H3,(H,26,30)/t20-,22+/m1/s1. The maximum atomic E-state index is 13.5. The van der Waals surface area contributed by atoms with Crippen LogP contribution < -0.4 is 10.1 Å². The van der Waals surface area contributed by atoms with Gasteiger partial charge in [-0.1, -0.05) is 25.1 Å². The summed E-state index contributed by atoms with van der Waals surface area (Å²) in [5, 5.41) is 5.00. The number of thiophene rings is 1. The molecule has 2 aliphatic heterocycles. The molecule has 1 fully saturated rings. The average Bonchev–Trinajstić information content (AvgIpc) is 3.53. The molecule has 3 amide bonds. The first-order valence-electron chi connectivity index (χ1n) is 11.8. The normalized spacial score (nSPS) is 19.7. The molecule has 0 radical (unpaired) electrons. The van der Waals surface area contributed by atoms with E-state index in [9.17, 15) is 9.59 Å². The number of urea groups is 1. The Labute approximate surface area is 199 Å². The number of amides is 3. The maximum Gasteiger partial charge on any atom is 0.317 e. The lowest BCUT2D eigenvalue weighted by atomic mass is 10.0. The molecular weight excluding hydrogens is 438 g/mol. The molecule has 7 nitrogen and oxygen atoms in total. The molecule has 0 unspecified atom stereocenters. The minimum atomic E-state index is -0.203. The summed E-state index contributed by atoms with van der Waals surface area (Å²) in [7, 11) is 0. The number of carbonyl (C=O) groups is 2. The molecule has 0 spiro atoms. The fourth-order valence-electron chi connectivity index (χ4n) is 4.42. The smallest absolute Gasteiger partial charge is 0.317 e. The molecule has 2 aromatic rings. The third-order valence-corrected chi connectivity index (χ3v) is 7.15. The van der Waals surface area contributed by atoms with Crippen LogP contribution in [0, 0.1) is 0 Å². The van der Waals surface area contributed by atoms with E-state index in [-0.39, 0.29) is 30.6 Å². The van der Waals surface area contributed by atoms with Gasteiger partial charge in [-0.2, -0.15) is 0 Å². The lowest BCUT2D eigenvalue weighted by molar-refractivity contribution is -0.135. The Bertz CT molecular complexity index is 913. The van der Waals surface area contributed by atoms with E-state index >= 15 is 0 Å². The molecule has 1 N–H and O–H groups in total. The zero-order chi connectivity index (χ0) is 23.0. The van der Waals surface area contributed by atoms with E-state index in [1.807, 2.05) is 42.2 Å². The summed E-state index contributed by atoms with van der Waals surface area (Å²) in [6, 6.07) is 11.4. The van der Waals surface area contributed by atoms with Gasteiger partial charge in [0.2, 0.25) is 5.91 Å². The Morgan fingerprint density at radius 3 is 2.88 bits per heavy atom. The van der Waals surface area contributed by atoms with Gasteiger partial charge in [-0.05, 0) is 54.8 Å². The minimum Gasteiger partial charge on any atom is -0.491 e. The van der Waals surface area contributed by atoms with Crippen LogP contribution >= 0.6 is 11.3 Å². The van der Waals surface area contributed by atoms with Gasteiger partial charge in [0, 0.05) is 31.1 Å². The zero-order valence-corrected chi connectivity index (χ0v) is 20.0. The molecular formula is C25H33N3O4S. The summed E-state index contributed by atoms with van der Waals surface area (Å²) < 4.78 is 11.8. The van der Waals surface area contributed by atoms with Crippen molar-refractivity contribution in [3.63, 3.8) is 0 Å². The number of para-hydroxylation sites is 1. The van der Waals surface area contributed by atoms with Crippen LogP contribution in [0.5, 0.6) is 5.75 Å². The van der Waals surface area contributed by atoms with Gasteiger partial charge >= 0.3 is 6.03 Å². The summed E-state index contributed by atoms with van der Waals surface area (Å²) in [6.07, 6.45) is 3.58. The largest absolute Gasteiger partial charge is 0.491 e. The SMILES string of the molecule is CCCNC(=O)N(CC(=O)N1CCc2sccc2[C@@H]1COc1ccccc1)C[C@H]1CCCO1. The fraction of sp³-hybridized carbons (Fsp3) is 0.520. The Balaban J connectivity index is 1.47. The second-order valence-electron chi connectivity index (χ2n) is 8.52. The Hall–Kier alpha value is -2.58. The predicted molar refractivity (Wildman–Crippen MR) is 129 cm³/mol.